The van der Waals surface area contributed by atoms with Crippen molar-refractivity contribution in [2.45, 2.75) is 64.5 Å². The molecule has 0 radical (unpaired) electrons. The molecule has 1 aliphatic rings. The van der Waals surface area contributed by atoms with Gasteiger partial charge in [0.05, 0.1) is 0 Å². The van der Waals surface area contributed by atoms with Crippen LogP contribution in [0, 0.1) is 0 Å². The predicted molar refractivity (Wildman–Crippen MR) is 79.3 cm³/mol. The van der Waals surface area contributed by atoms with E-state index in [0.29, 0.717) is 6.04 Å². The molecule has 0 spiro atoms. The van der Waals surface area contributed by atoms with Crippen molar-refractivity contribution in [3.8, 4) is 0 Å². The van der Waals surface area contributed by atoms with E-state index in [1.807, 2.05) is 12.4 Å². The maximum atomic E-state index is 5.96. The standard InChI is InChI=1S/C15H26N4/c1-3-13(16)9-12-10-17-15(18-11-12)19-8-6-5-7-14(19)4-2/h10-11,13-14H,3-9,16H2,1-2H3. The Morgan fingerprint density at radius 3 is 2.68 bits per heavy atom. The Balaban J connectivity index is 2.04. The first-order valence-electron chi connectivity index (χ1n) is 7.57. The van der Waals surface area contributed by atoms with E-state index in [1.54, 1.807) is 0 Å². The second kappa shape index (κ2) is 6.85. The van der Waals surface area contributed by atoms with Gasteiger partial charge in [0.2, 0.25) is 5.95 Å². The van der Waals surface area contributed by atoms with E-state index in [0.717, 1.165) is 30.9 Å². The van der Waals surface area contributed by atoms with E-state index in [4.69, 9.17) is 5.73 Å². The first kappa shape index (κ1) is 14.3. The topological polar surface area (TPSA) is 55.0 Å². The van der Waals surface area contributed by atoms with Gasteiger partial charge in [-0.15, -0.1) is 0 Å². The number of aromatic nitrogens is 2. The summed E-state index contributed by atoms with van der Waals surface area (Å²) in [6.45, 7) is 5.45. The van der Waals surface area contributed by atoms with Crippen LogP contribution in [0.1, 0.15) is 51.5 Å². The lowest BCUT2D eigenvalue weighted by Gasteiger charge is -2.35. The first-order chi connectivity index (χ1) is 9.24. The molecule has 1 aromatic rings. The lowest BCUT2D eigenvalue weighted by Crippen LogP contribution is -2.40. The third-order valence-electron chi connectivity index (χ3n) is 4.07. The minimum Gasteiger partial charge on any atom is -0.338 e. The molecule has 106 valence electrons. The molecule has 1 saturated heterocycles. The van der Waals surface area contributed by atoms with Crippen LogP contribution in [-0.2, 0) is 6.42 Å². The Morgan fingerprint density at radius 1 is 1.32 bits per heavy atom. The van der Waals surface area contributed by atoms with Gasteiger partial charge in [0.25, 0.3) is 0 Å². The lowest BCUT2D eigenvalue weighted by atomic mass is 10.0. The molecule has 0 aliphatic carbocycles. The van der Waals surface area contributed by atoms with Gasteiger partial charge >= 0.3 is 0 Å². The average Bonchev–Trinajstić information content (AvgIpc) is 2.48. The van der Waals surface area contributed by atoms with E-state index >= 15 is 0 Å². The Bertz CT molecular complexity index is 376. The molecule has 2 atom stereocenters. The molecule has 2 rings (SSSR count). The zero-order valence-corrected chi connectivity index (χ0v) is 12.2. The number of rotatable bonds is 5. The molecule has 4 heteroatoms. The summed E-state index contributed by atoms with van der Waals surface area (Å²) < 4.78 is 0. The number of hydrogen-bond acceptors (Lipinski definition) is 4. The smallest absolute Gasteiger partial charge is 0.225 e. The summed E-state index contributed by atoms with van der Waals surface area (Å²) in [7, 11) is 0. The molecule has 0 bridgehead atoms. The summed E-state index contributed by atoms with van der Waals surface area (Å²) in [5.41, 5.74) is 7.11. The van der Waals surface area contributed by atoms with Gasteiger partial charge in [-0.1, -0.05) is 13.8 Å². The van der Waals surface area contributed by atoms with Crippen molar-refractivity contribution in [1.29, 1.82) is 0 Å². The molecule has 2 heterocycles. The van der Waals surface area contributed by atoms with Gasteiger partial charge < -0.3 is 10.6 Å². The van der Waals surface area contributed by atoms with E-state index < -0.39 is 0 Å². The minimum absolute atomic E-state index is 0.216. The number of piperidine rings is 1. The lowest BCUT2D eigenvalue weighted by molar-refractivity contribution is 0.443. The number of nitrogens with zero attached hydrogens (tertiary/aromatic N) is 3. The van der Waals surface area contributed by atoms with Gasteiger partial charge in [-0.25, -0.2) is 9.97 Å². The molecule has 0 aromatic carbocycles. The van der Waals surface area contributed by atoms with Gasteiger partial charge in [0.1, 0.15) is 0 Å². The second-order valence-electron chi connectivity index (χ2n) is 5.52. The van der Waals surface area contributed by atoms with Crippen molar-refractivity contribution >= 4 is 5.95 Å². The molecule has 1 aromatic heterocycles. The molecule has 0 amide bonds. The number of hydrogen-bond donors (Lipinski definition) is 1. The second-order valence-corrected chi connectivity index (χ2v) is 5.52. The third-order valence-corrected chi connectivity index (χ3v) is 4.07. The fraction of sp³-hybridized carbons (Fsp3) is 0.733. The van der Waals surface area contributed by atoms with Crippen LogP contribution in [0.25, 0.3) is 0 Å². The molecule has 1 aliphatic heterocycles. The minimum atomic E-state index is 0.216. The highest BCUT2D eigenvalue weighted by atomic mass is 15.3. The first-order valence-corrected chi connectivity index (χ1v) is 7.57. The summed E-state index contributed by atoms with van der Waals surface area (Å²) in [6, 6.07) is 0.824. The Kier molecular flexibility index (Phi) is 5.14. The highest BCUT2D eigenvalue weighted by molar-refractivity contribution is 5.32. The molecule has 2 N–H and O–H groups in total. The largest absolute Gasteiger partial charge is 0.338 e. The van der Waals surface area contributed by atoms with Crippen molar-refractivity contribution in [3.05, 3.63) is 18.0 Å². The van der Waals surface area contributed by atoms with E-state index in [9.17, 15) is 0 Å². The molecule has 1 fully saturated rings. The third kappa shape index (κ3) is 3.66. The van der Waals surface area contributed by atoms with Crippen LogP contribution in [0.3, 0.4) is 0 Å². The van der Waals surface area contributed by atoms with Crippen molar-refractivity contribution in [3.63, 3.8) is 0 Å². The highest BCUT2D eigenvalue weighted by Gasteiger charge is 2.22. The Morgan fingerprint density at radius 2 is 2.05 bits per heavy atom. The molecule has 0 saturated carbocycles. The van der Waals surface area contributed by atoms with Crippen LogP contribution in [0.15, 0.2) is 12.4 Å². The molecular formula is C15H26N4. The summed E-state index contributed by atoms with van der Waals surface area (Å²) in [5, 5.41) is 0. The van der Waals surface area contributed by atoms with Crippen LogP contribution < -0.4 is 10.6 Å². The van der Waals surface area contributed by atoms with E-state index in [2.05, 4.69) is 28.7 Å². The predicted octanol–water partition coefficient (Wildman–Crippen LogP) is 2.53. The Hall–Kier alpha value is -1.16. The zero-order valence-electron chi connectivity index (χ0n) is 12.2. The highest BCUT2D eigenvalue weighted by Crippen LogP contribution is 2.23. The quantitative estimate of drug-likeness (QED) is 0.886. The monoisotopic (exact) mass is 262 g/mol. The van der Waals surface area contributed by atoms with Gasteiger partial charge in [0.15, 0.2) is 0 Å². The van der Waals surface area contributed by atoms with Crippen LogP contribution in [0.2, 0.25) is 0 Å². The number of nitrogens with two attached hydrogens (primary N) is 1. The van der Waals surface area contributed by atoms with Gasteiger partial charge in [-0.3, -0.25) is 0 Å². The summed E-state index contributed by atoms with van der Waals surface area (Å²) in [5.74, 6) is 0.889. The zero-order chi connectivity index (χ0) is 13.7. The fourth-order valence-electron chi connectivity index (χ4n) is 2.74. The van der Waals surface area contributed by atoms with Crippen LogP contribution in [0.5, 0.6) is 0 Å². The van der Waals surface area contributed by atoms with E-state index in [-0.39, 0.29) is 6.04 Å². The molecule has 4 nitrogen and oxygen atoms in total. The maximum Gasteiger partial charge on any atom is 0.225 e. The Labute approximate surface area is 116 Å². The van der Waals surface area contributed by atoms with Crippen molar-refractivity contribution in [1.82, 2.24) is 9.97 Å². The summed E-state index contributed by atoms with van der Waals surface area (Å²) in [6.07, 6.45) is 10.8. The van der Waals surface area contributed by atoms with Gasteiger partial charge in [-0.2, -0.15) is 0 Å². The average molecular weight is 262 g/mol. The SMILES string of the molecule is CCC(N)Cc1cnc(N2CCCCC2CC)nc1. The van der Waals surface area contributed by atoms with E-state index in [1.165, 1.54) is 25.7 Å². The molecular weight excluding hydrogens is 236 g/mol. The van der Waals surface area contributed by atoms with Crippen molar-refractivity contribution in [2.75, 3.05) is 11.4 Å². The summed E-state index contributed by atoms with van der Waals surface area (Å²) >= 11 is 0. The normalized spacial score (nSPS) is 21.4. The molecule has 2 unspecified atom stereocenters. The van der Waals surface area contributed by atoms with Gasteiger partial charge in [0, 0.05) is 31.0 Å². The summed E-state index contributed by atoms with van der Waals surface area (Å²) in [4.78, 5) is 11.5. The van der Waals surface area contributed by atoms with Crippen molar-refractivity contribution in [2.24, 2.45) is 5.73 Å². The van der Waals surface area contributed by atoms with Gasteiger partial charge in [-0.05, 0) is 44.1 Å². The van der Waals surface area contributed by atoms with Crippen LogP contribution >= 0.6 is 0 Å². The molecule has 19 heavy (non-hydrogen) atoms. The van der Waals surface area contributed by atoms with Crippen molar-refractivity contribution < 1.29 is 0 Å². The maximum absolute atomic E-state index is 5.96. The van der Waals surface area contributed by atoms with Crippen LogP contribution in [0.4, 0.5) is 5.95 Å². The fourth-order valence-corrected chi connectivity index (χ4v) is 2.74. The van der Waals surface area contributed by atoms with Crippen LogP contribution in [-0.4, -0.2) is 28.6 Å². The number of anilines is 1.